The molecule has 27 heavy (non-hydrogen) atoms. The van der Waals surface area contributed by atoms with E-state index in [-0.39, 0.29) is 25.7 Å². The third kappa shape index (κ3) is 8.65. The standard InChI is InChI=1S/C19H29N3O5/c1-3-4-5-6-17(25)20-10-18(26)21-13(2)19(27)22-16-8-14(11-23)7-15(9-16)12-24/h7-9,13,23-24H,3-6,10-12H2,1-2H3,(H,20,25)(H,21,26)(H,22,27). The molecule has 0 saturated carbocycles. The van der Waals surface area contributed by atoms with Crippen molar-refractivity contribution in [3.63, 3.8) is 0 Å². The molecule has 5 N–H and O–H groups in total. The lowest BCUT2D eigenvalue weighted by atomic mass is 10.1. The summed E-state index contributed by atoms with van der Waals surface area (Å²) in [5.41, 5.74) is 1.53. The fraction of sp³-hybridized carbons (Fsp3) is 0.526. The monoisotopic (exact) mass is 379 g/mol. The molecule has 0 fully saturated rings. The van der Waals surface area contributed by atoms with Crippen LogP contribution in [0.15, 0.2) is 18.2 Å². The number of aliphatic hydroxyl groups is 2. The highest BCUT2D eigenvalue weighted by atomic mass is 16.3. The molecule has 0 bridgehead atoms. The maximum absolute atomic E-state index is 12.2. The molecule has 1 rings (SSSR count). The SMILES string of the molecule is CCCCCC(=O)NCC(=O)NC(C)C(=O)Nc1cc(CO)cc(CO)c1. The Labute approximate surface area is 159 Å². The van der Waals surface area contributed by atoms with Gasteiger partial charge >= 0.3 is 0 Å². The van der Waals surface area contributed by atoms with E-state index in [2.05, 4.69) is 16.0 Å². The molecule has 1 aromatic carbocycles. The highest BCUT2D eigenvalue weighted by Crippen LogP contribution is 2.15. The molecule has 8 nitrogen and oxygen atoms in total. The first-order valence-corrected chi connectivity index (χ1v) is 9.11. The van der Waals surface area contributed by atoms with E-state index in [1.54, 1.807) is 18.2 Å². The third-order valence-electron chi connectivity index (χ3n) is 3.91. The number of rotatable bonds is 11. The van der Waals surface area contributed by atoms with Gasteiger partial charge in [-0.3, -0.25) is 14.4 Å². The number of benzene rings is 1. The van der Waals surface area contributed by atoms with E-state index >= 15 is 0 Å². The topological polar surface area (TPSA) is 128 Å². The van der Waals surface area contributed by atoms with Crippen LogP contribution < -0.4 is 16.0 Å². The number of carbonyl (C=O) groups excluding carboxylic acids is 3. The lowest BCUT2D eigenvalue weighted by Crippen LogP contribution is -2.45. The highest BCUT2D eigenvalue weighted by molar-refractivity contribution is 5.97. The molecular weight excluding hydrogens is 350 g/mol. The normalized spacial score (nSPS) is 11.6. The van der Waals surface area contributed by atoms with Gasteiger partial charge < -0.3 is 26.2 Å². The average molecular weight is 379 g/mol. The van der Waals surface area contributed by atoms with Crippen LogP contribution in [0.25, 0.3) is 0 Å². The summed E-state index contributed by atoms with van der Waals surface area (Å²) in [5.74, 6) is -1.09. The Morgan fingerprint density at radius 2 is 1.63 bits per heavy atom. The van der Waals surface area contributed by atoms with E-state index in [0.717, 1.165) is 19.3 Å². The van der Waals surface area contributed by atoms with Gasteiger partial charge in [-0.25, -0.2) is 0 Å². The van der Waals surface area contributed by atoms with Crippen molar-refractivity contribution in [3.05, 3.63) is 29.3 Å². The van der Waals surface area contributed by atoms with E-state index in [0.29, 0.717) is 23.2 Å². The molecule has 0 aromatic heterocycles. The fourth-order valence-corrected chi connectivity index (χ4v) is 2.43. The Morgan fingerprint density at radius 3 is 2.19 bits per heavy atom. The molecule has 0 aliphatic heterocycles. The van der Waals surface area contributed by atoms with Gasteiger partial charge in [0.1, 0.15) is 6.04 Å². The van der Waals surface area contributed by atoms with E-state index in [9.17, 15) is 24.6 Å². The Hall–Kier alpha value is -2.45. The van der Waals surface area contributed by atoms with E-state index in [1.807, 2.05) is 6.92 Å². The molecule has 3 amide bonds. The van der Waals surface area contributed by atoms with Crippen molar-refractivity contribution in [2.45, 2.75) is 58.8 Å². The van der Waals surface area contributed by atoms with Gasteiger partial charge in [-0.1, -0.05) is 25.8 Å². The van der Waals surface area contributed by atoms with E-state index in [4.69, 9.17) is 0 Å². The largest absolute Gasteiger partial charge is 0.392 e. The predicted molar refractivity (Wildman–Crippen MR) is 102 cm³/mol. The summed E-state index contributed by atoms with van der Waals surface area (Å²) in [6.07, 6.45) is 3.14. The van der Waals surface area contributed by atoms with Crippen LogP contribution in [0, 0.1) is 0 Å². The fourth-order valence-electron chi connectivity index (χ4n) is 2.43. The van der Waals surface area contributed by atoms with Crippen LogP contribution in [0.2, 0.25) is 0 Å². The minimum Gasteiger partial charge on any atom is -0.392 e. The van der Waals surface area contributed by atoms with Gasteiger partial charge in [-0.05, 0) is 36.6 Å². The van der Waals surface area contributed by atoms with Gasteiger partial charge in [-0.2, -0.15) is 0 Å². The Balaban J connectivity index is 2.47. The maximum atomic E-state index is 12.2. The summed E-state index contributed by atoms with van der Waals surface area (Å²) in [4.78, 5) is 35.7. The first-order valence-electron chi connectivity index (χ1n) is 9.11. The number of aliphatic hydroxyl groups excluding tert-OH is 2. The van der Waals surface area contributed by atoms with Crippen molar-refractivity contribution in [2.24, 2.45) is 0 Å². The molecular formula is C19H29N3O5. The molecule has 0 aliphatic carbocycles. The number of unbranched alkanes of at least 4 members (excludes halogenated alkanes) is 2. The van der Waals surface area contributed by atoms with Crippen LogP contribution in [0.1, 0.15) is 50.7 Å². The predicted octanol–water partition coefficient (Wildman–Crippen LogP) is 0.811. The summed E-state index contributed by atoms with van der Waals surface area (Å²) in [5, 5.41) is 26.1. The quantitative estimate of drug-likeness (QED) is 0.364. The second-order valence-electron chi connectivity index (χ2n) is 6.37. The highest BCUT2D eigenvalue weighted by Gasteiger charge is 2.16. The summed E-state index contributed by atoms with van der Waals surface area (Å²) in [6, 6.07) is 3.98. The molecule has 0 radical (unpaired) electrons. The summed E-state index contributed by atoms with van der Waals surface area (Å²) in [6.45, 7) is 2.95. The first-order chi connectivity index (χ1) is 12.9. The van der Waals surface area contributed by atoms with Crippen molar-refractivity contribution in [3.8, 4) is 0 Å². The Bertz CT molecular complexity index is 626. The number of anilines is 1. The molecule has 1 atom stereocenters. The first kappa shape index (κ1) is 22.6. The van der Waals surface area contributed by atoms with E-state index in [1.165, 1.54) is 6.92 Å². The van der Waals surface area contributed by atoms with Crippen molar-refractivity contribution in [1.29, 1.82) is 0 Å². The lowest BCUT2D eigenvalue weighted by molar-refractivity contribution is -0.128. The van der Waals surface area contributed by atoms with Crippen LogP contribution >= 0.6 is 0 Å². The van der Waals surface area contributed by atoms with Crippen molar-refractivity contribution in [2.75, 3.05) is 11.9 Å². The molecule has 0 heterocycles. The van der Waals surface area contributed by atoms with Gasteiger partial charge in [0.15, 0.2) is 0 Å². The summed E-state index contributed by atoms with van der Waals surface area (Å²) < 4.78 is 0. The van der Waals surface area contributed by atoms with Crippen LogP contribution in [-0.2, 0) is 27.6 Å². The van der Waals surface area contributed by atoms with Crippen LogP contribution in [0.5, 0.6) is 0 Å². The zero-order valence-electron chi connectivity index (χ0n) is 15.9. The lowest BCUT2D eigenvalue weighted by Gasteiger charge is -2.15. The number of amides is 3. The summed E-state index contributed by atoms with van der Waals surface area (Å²) >= 11 is 0. The maximum Gasteiger partial charge on any atom is 0.246 e. The molecule has 8 heteroatoms. The van der Waals surface area contributed by atoms with Gasteiger partial charge in [0, 0.05) is 12.1 Å². The summed E-state index contributed by atoms with van der Waals surface area (Å²) in [7, 11) is 0. The van der Waals surface area contributed by atoms with Crippen molar-refractivity contribution in [1.82, 2.24) is 10.6 Å². The molecule has 0 aliphatic rings. The molecule has 150 valence electrons. The van der Waals surface area contributed by atoms with Crippen molar-refractivity contribution < 1.29 is 24.6 Å². The Morgan fingerprint density at radius 1 is 1.00 bits per heavy atom. The second-order valence-corrected chi connectivity index (χ2v) is 6.37. The second kappa shape index (κ2) is 12.0. The Kier molecular flexibility index (Phi) is 10.1. The number of hydrogen-bond acceptors (Lipinski definition) is 5. The van der Waals surface area contributed by atoms with Gasteiger partial charge in [0.25, 0.3) is 0 Å². The van der Waals surface area contributed by atoms with Crippen LogP contribution in [0.4, 0.5) is 5.69 Å². The average Bonchev–Trinajstić information content (AvgIpc) is 2.66. The number of nitrogens with one attached hydrogen (secondary N) is 3. The van der Waals surface area contributed by atoms with Crippen molar-refractivity contribution >= 4 is 23.4 Å². The number of carbonyl (C=O) groups is 3. The smallest absolute Gasteiger partial charge is 0.246 e. The van der Waals surface area contributed by atoms with Gasteiger partial charge in [-0.15, -0.1) is 0 Å². The molecule has 1 aromatic rings. The van der Waals surface area contributed by atoms with Crippen LogP contribution in [-0.4, -0.2) is 40.5 Å². The van der Waals surface area contributed by atoms with E-state index < -0.39 is 17.9 Å². The van der Waals surface area contributed by atoms with Crippen LogP contribution in [0.3, 0.4) is 0 Å². The number of hydrogen-bond donors (Lipinski definition) is 5. The third-order valence-corrected chi connectivity index (χ3v) is 3.91. The minimum absolute atomic E-state index is 0.183. The molecule has 0 spiro atoms. The molecule has 0 saturated heterocycles. The van der Waals surface area contributed by atoms with Gasteiger partial charge in [0.05, 0.1) is 19.8 Å². The zero-order valence-corrected chi connectivity index (χ0v) is 15.9. The van der Waals surface area contributed by atoms with Gasteiger partial charge in [0.2, 0.25) is 17.7 Å². The molecule has 1 unspecified atom stereocenters. The minimum atomic E-state index is -0.815. The zero-order chi connectivity index (χ0) is 20.2.